The van der Waals surface area contributed by atoms with Gasteiger partial charge in [-0.05, 0) is 18.2 Å². The number of benzene rings is 1. The van der Waals surface area contributed by atoms with Crippen molar-refractivity contribution in [2.75, 3.05) is 12.4 Å². The SMILES string of the molecule is O=C(CCC(=O)c1ccc2c(c1)SCCO2)c1cncnc1. The maximum Gasteiger partial charge on any atom is 0.166 e. The first-order chi connectivity index (χ1) is 10.7. The molecule has 0 N–H and O–H groups in total. The summed E-state index contributed by atoms with van der Waals surface area (Å²) in [6, 6.07) is 5.42. The fourth-order valence-electron chi connectivity index (χ4n) is 2.18. The van der Waals surface area contributed by atoms with Crippen LogP contribution in [0.1, 0.15) is 33.6 Å². The second kappa shape index (κ2) is 6.70. The second-order valence-electron chi connectivity index (χ2n) is 4.83. The van der Waals surface area contributed by atoms with Crippen molar-refractivity contribution >= 4 is 23.3 Å². The highest BCUT2D eigenvalue weighted by molar-refractivity contribution is 7.99. The van der Waals surface area contributed by atoms with Crippen LogP contribution in [0.15, 0.2) is 41.8 Å². The standard InChI is InChI=1S/C16H14N2O3S/c19-13(2-3-14(20)12-8-17-10-18-9-12)11-1-4-15-16(7-11)22-6-5-21-15/h1,4,7-10H,2-3,5-6H2. The van der Waals surface area contributed by atoms with Crippen molar-refractivity contribution in [3.63, 3.8) is 0 Å². The number of Topliss-reactive ketones (excluding diaryl/α,β-unsaturated/α-hetero) is 2. The molecule has 0 amide bonds. The van der Waals surface area contributed by atoms with Crippen LogP contribution >= 0.6 is 11.8 Å². The molecule has 0 saturated carbocycles. The van der Waals surface area contributed by atoms with Crippen LogP contribution in [0.4, 0.5) is 0 Å². The van der Waals surface area contributed by atoms with Crippen molar-refractivity contribution in [1.29, 1.82) is 0 Å². The Labute approximate surface area is 132 Å². The van der Waals surface area contributed by atoms with Crippen LogP contribution in [-0.4, -0.2) is 33.9 Å². The summed E-state index contributed by atoms with van der Waals surface area (Å²) >= 11 is 1.68. The van der Waals surface area contributed by atoms with Crippen molar-refractivity contribution < 1.29 is 14.3 Å². The number of thioether (sulfide) groups is 1. The van der Waals surface area contributed by atoms with Gasteiger partial charge in [-0.3, -0.25) is 9.59 Å². The zero-order chi connectivity index (χ0) is 15.4. The van der Waals surface area contributed by atoms with Gasteiger partial charge in [-0.1, -0.05) is 0 Å². The fourth-order valence-corrected chi connectivity index (χ4v) is 3.04. The number of nitrogens with zero attached hydrogens (tertiary/aromatic N) is 2. The van der Waals surface area contributed by atoms with Crippen LogP contribution in [-0.2, 0) is 0 Å². The molecule has 2 aromatic rings. The van der Waals surface area contributed by atoms with E-state index in [0.29, 0.717) is 17.7 Å². The Kier molecular flexibility index (Phi) is 4.48. The third kappa shape index (κ3) is 3.33. The van der Waals surface area contributed by atoms with E-state index >= 15 is 0 Å². The predicted molar refractivity (Wildman–Crippen MR) is 82.6 cm³/mol. The van der Waals surface area contributed by atoms with Gasteiger partial charge in [0.1, 0.15) is 12.1 Å². The van der Waals surface area contributed by atoms with E-state index in [-0.39, 0.29) is 24.4 Å². The Morgan fingerprint density at radius 3 is 2.59 bits per heavy atom. The Morgan fingerprint density at radius 2 is 1.82 bits per heavy atom. The molecule has 0 unspecified atom stereocenters. The summed E-state index contributed by atoms with van der Waals surface area (Å²) in [6.45, 7) is 0.693. The molecule has 22 heavy (non-hydrogen) atoms. The zero-order valence-electron chi connectivity index (χ0n) is 11.8. The number of ether oxygens (including phenoxy) is 1. The minimum Gasteiger partial charge on any atom is -0.492 e. The Bertz CT molecular complexity index is 704. The summed E-state index contributed by atoms with van der Waals surface area (Å²) in [5.41, 5.74) is 1.05. The van der Waals surface area contributed by atoms with Gasteiger partial charge in [-0.25, -0.2) is 9.97 Å². The van der Waals surface area contributed by atoms with Gasteiger partial charge < -0.3 is 4.74 Å². The first-order valence-corrected chi connectivity index (χ1v) is 7.93. The van der Waals surface area contributed by atoms with Crippen LogP contribution in [0.25, 0.3) is 0 Å². The van der Waals surface area contributed by atoms with Gasteiger partial charge in [0, 0.05) is 36.6 Å². The van der Waals surface area contributed by atoms with E-state index < -0.39 is 0 Å². The minimum absolute atomic E-state index is 0.0424. The largest absolute Gasteiger partial charge is 0.492 e. The fraction of sp³-hybridized carbons (Fsp3) is 0.250. The molecule has 0 aliphatic carbocycles. The van der Waals surface area contributed by atoms with E-state index in [1.165, 1.54) is 18.7 Å². The molecule has 0 spiro atoms. The lowest BCUT2D eigenvalue weighted by Crippen LogP contribution is -2.09. The molecule has 5 nitrogen and oxygen atoms in total. The predicted octanol–water partition coefficient (Wildman–Crippen LogP) is 2.81. The van der Waals surface area contributed by atoms with Crippen molar-refractivity contribution in [2.45, 2.75) is 17.7 Å². The number of carbonyl (C=O) groups excluding carboxylic acids is 2. The summed E-state index contributed by atoms with van der Waals surface area (Å²) in [4.78, 5) is 32.8. The molecule has 3 rings (SSSR count). The highest BCUT2D eigenvalue weighted by Crippen LogP contribution is 2.34. The molecule has 2 heterocycles. The lowest BCUT2D eigenvalue weighted by atomic mass is 10.0. The molecular formula is C16H14N2O3S. The number of hydrogen-bond donors (Lipinski definition) is 0. The molecule has 0 fully saturated rings. The van der Waals surface area contributed by atoms with Gasteiger partial charge in [0.2, 0.25) is 0 Å². The number of hydrogen-bond acceptors (Lipinski definition) is 6. The van der Waals surface area contributed by atoms with E-state index in [0.717, 1.165) is 16.4 Å². The molecule has 0 bridgehead atoms. The van der Waals surface area contributed by atoms with Crippen LogP contribution in [0.2, 0.25) is 0 Å². The second-order valence-corrected chi connectivity index (χ2v) is 5.97. The van der Waals surface area contributed by atoms with Gasteiger partial charge in [-0.2, -0.15) is 0 Å². The Hall–Kier alpha value is -2.21. The topological polar surface area (TPSA) is 69.2 Å². The lowest BCUT2D eigenvalue weighted by Gasteiger charge is -2.17. The average molecular weight is 314 g/mol. The van der Waals surface area contributed by atoms with Crippen LogP contribution in [0.3, 0.4) is 0 Å². The number of carbonyl (C=O) groups is 2. The lowest BCUT2D eigenvalue weighted by molar-refractivity contribution is 0.0917. The smallest absolute Gasteiger partial charge is 0.166 e. The number of aromatic nitrogens is 2. The Morgan fingerprint density at radius 1 is 1.09 bits per heavy atom. The summed E-state index contributed by atoms with van der Waals surface area (Å²) in [7, 11) is 0. The number of rotatable bonds is 5. The van der Waals surface area contributed by atoms with Crippen molar-refractivity contribution in [1.82, 2.24) is 9.97 Å². The Balaban J connectivity index is 1.64. The van der Waals surface area contributed by atoms with Crippen molar-refractivity contribution in [3.8, 4) is 5.75 Å². The maximum atomic E-state index is 12.2. The molecule has 0 saturated heterocycles. The first-order valence-electron chi connectivity index (χ1n) is 6.95. The van der Waals surface area contributed by atoms with Crippen molar-refractivity contribution in [2.24, 2.45) is 0 Å². The zero-order valence-corrected chi connectivity index (χ0v) is 12.6. The van der Waals surface area contributed by atoms with Gasteiger partial charge in [0.05, 0.1) is 17.1 Å². The highest BCUT2D eigenvalue weighted by Gasteiger charge is 2.15. The van der Waals surface area contributed by atoms with Crippen LogP contribution in [0, 0.1) is 0 Å². The first kappa shape index (κ1) is 14.7. The van der Waals surface area contributed by atoms with E-state index in [2.05, 4.69) is 9.97 Å². The van der Waals surface area contributed by atoms with Crippen LogP contribution < -0.4 is 4.74 Å². The third-order valence-electron chi connectivity index (χ3n) is 3.33. The minimum atomic E-state index is -0.121. The third-order valence-corrected chi connectivity index (χ3v) is 4.33. The highest BCUT2D eigenvalue weighted by atomic mass is 32.2. The molecule has 1 aliphatic heterocycles. The van der Waals surface area contributed by atoms with Gasteiger partial charge in [-0.15, -0.1) is 11.8 Å². The molecule has 0 atom stereocenters. The molecule has 1 aromatic heterocycles. The molecule has 112 valence electrons. The molecule has 1 aromatic carbocycles. The summed E-state index contributed by atoms with van der Waals surface area (Å²) in [5, 5.41) is 0. The van der Waals surface area contributed by atoms with E-state index in [4.69, 9.17) is 4.74 Å². The molecular weight excluding hydrogens is 300 g/mol. The average Bonchev–Trinajstić information content (AvgIpc) is 2.59. The molecule has 0 radical (unpaired) electrons. The van der Waals surface area contributed by atoms with Gasteiger partial charge >= 0.3 is 0 Å². The van der Waals surface area contributed by atoms with Gasteiger partial charge in [0.15, 0.2) is 11.6 Å². The van der Waals surface area contributed by atoms with E-state index in [9.17, 15) is 9.59 Å². The number of fused-ring (bicyclic) bond motifs is 1. The summed E-state index contributed by atoms with van der Waals surface area (Å²) in [5.74, 6) is 1.55. The maximum absolute atomic E-state index is 12.2. The monoisotopic (exact) mass is 314 g/mol. The van der Waals surface area contributed by atoms with Crippen LogP contribution in [0.5, 0.6) is 5.75 Å². The van der Waals surface area contributed by atoms with E-state index in [1.54, 1.807) is 17.8 Å². The normalized spacial score (nSPS) is 13.1. The summed E-state index contributed by atoms with van der Waals surface area (Å²) < 4.78 is 5.51. The summed E-state index contributed by atoms with van der Waals surface area (Å²) in [6.07, 6.45) is 4.64. The quantitative estimate of drug-likeness (QED) is 0.790. The van der Waals surface area contributed by atoms with E-state index in [1.807, 2.05) is 12.1 Å². The molecule has 1 aliphatic rings. The van der Waals surface area contributed by atoms with Crippen molar-refractivity contribution in [3.05, 3.63) is 48.0 Å². The number of ketones is 2. The molecule has 6 heteroatoms. The van der Waals surface area contributed by atoms with Gasteiger partial charge in [0.25, 0.3) is 0 Å².